The average Bonchev–Trinajstić information content (AvgIpc) is 2.52. The summed E-state index contributed by atoms with van der Waals surface area (Å²) >= 11 is 12.2. The van der Waals surface area contributed by atoms with Gasteiger partial charge in [-0.05, 0) is 55.7 Å². The van der Waals surface area contributed by atoms with Gasteiger partial charge in [0.1, 0.15) is 5.75 Å². The number of anilines is 1. The lowest BCUT2D eigenvalue weighted by Gasteiger charge is -2.19. The lowest BCUT2D eigenvalue weighted by atomic mass is 10.1. The Balaban J connectivity index is 2.13. The quantitative estimate of drug-likeness (QED) is 0.782. The van der Waals surface area contributed by atoms with Crippen LogP contribution in [0.5, 0.6) is 5.75 Å². The van der Waals surface area contributed by atoms with Crippen LogP contribution in [-0.4, -0.2) is 12.0 Å². The molecule has 0 aliphatic carbocycles. The van der Waals surface area contributed by atoms with Crippen LogP contribution in [-0.2, 0) is 4.79 Å². The molecule has 0 unspecified atom stereocenters. The molecule has 0 aromatic heterocycles. The standard InChI is InChI=1S/C18H19Cl2NO2/c1-4-16(23-13-9-8-11(2)12(3)10-13)18(22)21-17-14(19)6-5-7-15(17)20/h5-10,16H,4H2,1-3H3,(H,21,22)/t16-/m0/s1. The largest absolute Gasteiger partial charge is 0.481 e. The summed E-state index contributed by atoms with van der Waals surface area (Å²) in [5.41, 5.74) is 2.70. The molecule has 0 saturated carbocycles. The topological polar surface area (TPSA) is 38.3 Å². The van der Waals surface area contributed by atoms with E-state index in [1.54, 1.807) is 18.2 Å². The molecule has 5 heteroatoms. The van der Waals surface area contributed by atoms with Gasteiger partial charge in [-0.25, -0.2) is 0 Å². The Morgan fingerprint density at radius 2 is 1.78 bits per heavy atom. The minimum absolute atomic E-state index is 0.277. The molecule has 0 fully saturated rings. The zero-order valence-corrected chi connectivity index (χ0v) is 14.8. The molecule has 0 saturated heterocycles. The van der Waals surface area contributed by atoms with E-state index in [-0.39, 0.29) is 5.91 Å². The number of nitrogens with one attached hydrogen (secondary N) is 1. The number of benzene rings is 2. The first-order chi connectivity index (χ1) is 10.9. The van der Waals surface area contributed by atoms with E-state index in [9.17, 15) is 4.79 Å². The van der Waals surface area contributed by atoms with Crippen LogP contribution >= 0.6 is 23.2 Å². The molecule has 23 heavy (non-hydrogen) atoms. The number of hydrogen-bond acceptors (Lipinski definition) is 2. The maximum atomic E-state index is 12.5. The molecule has 1 N–H and O–H groups in total. The van der Waals surface area contributed by atoms with Crippen LogP contribution in [0, 0.1) is 13.8 Å². The maximum absolute atomic E-state index is 12.5. The van der Waals surface area contributed by atoms with Crippen molar-refractivity contribution >= 4 is 34.8 Å². The van der Waals surface area contributed by atoms with Crippen LogP contribution in [0.3, 0.4) is 0 Å². The van der Waals surface area contributed by atoms with Gasteiger partial charge in [-0.15, -0.1) is 0 Å². The van der Waals surface area contributed by atoms with E-state index in [2.05, 4.69) is 5.32 Å². The number of hydrogen-bond donors (Lipinski definition) is 1. The first-order valence-corrected chi connectivity index (χ1v) is 8.16. The Labute approximate surface area is 146 Å². The monoisotopic (exact) mass is 351 g/mol. The van der Waals surface area contributed by atoms with Gasteiger partial charge in [-0.2, -0.15) is 0 Å². The second-order valence-electron chi connectivity index (χ2n) is 5.35. The fraction of sp³-hybridized carbons (Fsp3) is 0.278. The van der Waals surface area contributed by atoms with Gasteiger partial charge in [0.15, 0.2) is 6.10 Å². The summed E-state index contributed by atoms with van der Waals surface area (Å²) < 4.78 is 5.81. The summed E-state index contributed by atoms with van der Waals surface area (Å²) in [5, 5.41) is 3.54. The molecule has 0 bridgehead atoms. The molecular weight excluding hydrogens is 333 g/mol. The van der Waals surface area contributed by atoms with Crippen LogP contribution in [0.1, 0.15) is 24.5 Å². The van der Waals surface area contributed by atoms with Gasteiger partial charge in [-0.1, -0.05) is 42.3 Å². The molecule has 2 aromatic carbocycles. The fourth-order valence-corrected chi connectivity index (χ4v) is 2.59. The number of rotatable bonds is 5. The van der Waals surface area contributed by atoms with E-state index < -0.39 is 6.10 Å². The van der Waals surface area contributed by atoms with E-state index in [1.165, 1.54) is 5.56 Å². The smallest absolute Gasteiger partial charge is 0.265 e. The predicted molar refractivity (Wildman–Crippen MR) is 95.7 cm³/mol. The van der Waals surface area contributed by atoms with E-state index in [0.717, 1.165) is 5.56 Å². The minimum atomic E-state index is -0.621. The van der Waals surface area contributed by atoms with Crippen LogP contribution < -0.4 is 10.1 Å². The highest BCUT2D eigenvalue weighted by atomic mass is 35.5. The summed E-state index contributed by atoms with van der Waals surface area (Å²) in [4.78, 5) is 12.5. The summed E-state index contributed by atoms with van der Waals surface area (Å²) in [6.45, 7) is 5.93. The third-order valence-corrected chi connectivity index (χ3v) is 4.26. The Hall–Kier alpha value is -1.71. The summed E-state index contributed by atoms with van der Waals surface area (Å²) in [7, 11) is 0. The van der Waals surface area contributed by atoms with Gasteiger partial charge < -0.3 is 10.1 Å². The first kappa shape index (κ1) is 17.6. The van der Waals surface area contributed by atoms with Crippen molar-refractivity contribution in [1.29, 1.82) is 0 Å². The molecule has 2 rings (SSSR count). The van der Waals surface area contributed by atoms with Crippen molar-refractivity contribution < 1.29 is 9.53 Å². The fourth-order valence-electron chi connectivity index (χ4n) is 2.09. The van der Waals surface area contributed by atoms with Crippen LogP contribution in [0.25, 0.3) is 0 Å². The molecule has 2 aromatic rings. The van der Waals surface area contributed by atoms with Crippen molar-refractivity contribution in [2.24, 2.45) is 0 Å². The lowest BCUT2D eigenvalue weighted by molar-refractivity contribution is -0.122. The van der Waals surface area contributed by atoms with Crippen LogP contribution in [0.15, 0.2) is 36.4 Å². The molecule has 1 atom stereocenters. The normalized spacial score (nSPS) is 11.9. The van der Waals surface area contributed by atoms with Gasteiger partial charge in [0, 0.05) is 0 Å². The zero-order valence-electron chi connectivity index (χ0n) is 13.3. The predicted octanol–water partition coefficient (Wildman–Crippen LogP) is 5.41. The average molecular weight is 352 g/mol. The third-order valence-electron chi connectivity index (χ3n) is 3.63. The van der Waals surface area contributed by atoms with Crippen molar-refractivity contribution in [2.45, 2.75) is 33.3 Å². The molecule has 0 aliphatic heterocycles. The molecular formula is C18H19Cl2NO2. The summed E-state index contributed by atoms with van der Waals surface area (Å²) in [5.74, 6) is 0.390. The van der Waals surface area contributed by atoms with Gasteiger partial charge in [-0.3, -0.25) is 4.79 Å². The van der Waals surface area contributed by atoms with E-state index >= 15 is 0 Å². The highest BCUT2D eigenvalue weighted by molar-refractivity contribution is 6.39. The number of amides is 1. The number of para-hydroxylation sites is 1. The van der Waals surface area contributed by atoms with Crippen molar-refractivity contribution in [3.63, 3.8) is 0 Å². The first-order valence-electron chi connectivity index (χ1n) is 7.41. The summed E-state index contributed by atoms with van der Waals surface area (Å²) in [6, 6.07) is 10.8. The number of halogens is 2. The van der Waals surface area contributed by atoms with Crippen LogP contribution in [0.4, 0.5) is 5.69 Å². The maximum Gasteiger partial charge on any atom is 0.265 e. The molecule has 122 valence electrons. The molecule has 0 aliphatic rings. The van der Waals surface area contributed by atoms with Gasteiger partial charge in [0.25, 0.3) is 5.91 Å². The molecule has 1 amide bonds. The second kappa shape index (κ2) is 7.71. The Morgan fingerprint density at radius 3 is 2.35 bits per heavy atom. The van der Waals surface area contributed by atoms with E-state index in [4.69, 9.17) is 27.9 Å². The number of ether oxygens (including phenoxy) is 1. The number of aryl methyl sites for hydroxylation is 2. The minimum Gasteiger partial charge on any atom is -0.481 e. The zero-order chi connectivity index (χ0) is 17.0. The van der Waals surface area contributed by atoms with Crippen LogP contribution in [0.2, 0.25) is 10.0 Å². The lowest BCUT2D eigenvalue weighted by Crippen LogP contribution is -2.32. The van der Waals surface area contributed by atoms with Crippen molar-refractivity contribution in [3.05, 3.63) is 57.6 Å². The van der Waals surface area contributed by atoms with E-state index in [0.29, 0.717) is 27.9 Å². The SMILES string of the molecule is CC[C@H](Oc1ccc(C)c(C)c1)C(=O)Nc1c(Cl)cccc1Cl. The van der Waals surface area contributed by atoms with Gasteiger partial charge in [0.05, 0.1) is 15.7 Å². The Morgan fingerprint density at radius 1 is 1.13 bits per heavy atom. The van der Waals surface area contributed by atoms with Gasteiger partial charge >= 0.3 is 0 Å². The van der Waals surface area contributed by atoms with Crippen molar-refractivity contribution in [2.75, 3.05) is 5.32 Å². The number of carbonyl (C=O) groups excluding carboxylic acids is 1. The highest BCUT2D eigenvalue weighted by Crippen LogP contribution is 2.30. The molecule has 0 spiro atoms. The summed E-state index contributed by atoms with van der Waals surface area (Å²) in [6.07, 6.45) is -0.0923. The van der Waals surface area contributed by atoms with Crippen molar-refractivity contribution in [3.8, 4) is 5.75 Å². The third kappa shape index (κ3) is 4.40. The Bertz CT molecular complexity index is 696. The van der Waals surface area contributed by atoms with Gasteiger partial charge in [0.2, 0.25) is 0 Å². The van der Waals surface area contributed by atoms with E-state index in [1.807, 2.05) is 39.0 Å². The molecule has 3 nitrogen and oxygen atoms in total. The number of carbonyl (C=O) groups is 1. The van der Waals surface area contributed by atoms with Crippen molar-refractivity contribution in [1.82, 2.24) is 0 Å². The Kier molecular flexibility index (Phi) is 5.91. The molecule has 0 heterocycles. The second-order valence-corrected chi connectivity index (χ2v) is 6.16. The highest BCUT2D eigenvalue weighted by Gasteiger charge is 2.20. The molecule has 0 radical (unpaired) electrons.